The summed E-state index contributed by atoms with van der Waals surface area (Å²) in [5.41, 5.74) is 6.20. The molecule has 0 aliphatic heterocycles. The van der Waals surface area contributed by atoms with Crippen molar-refractivity contribution in [3.8, 4) is 0 Å². The fourth-order valence-electron chi connectivity index (χ4n) is 1.36. The molecule has 0 saturated heterocycles. The first-order valence-electron chi connectivity index (χ1n) is 4.86. The van der Waals surface area contributed by atoms with Crippen LogP contribution in [0.2, 0.25) is 0 Å². The van der Waals surface area contributed by atoms with Crippen LogP contribution in [0, 0.1) is 6.54 Å². The van der Waals surface area contributed by atoms with Crippen LogP contribution in [-0.4, -0.2) is 15.6 Å². The first-order valence-corrected chi connectivity index (χ1v) is 4.86. The average Bonchev–Trinajstić information content (AvgIpc) is 2.87. The van der Waals surface area contributed by atoms with Crippen molar-refractivity contribution < 1.29 is 9.21 Å². The summed E-state index contributed by atoms with van der Waals surface area (Å²) in [6, 6.07) is 3.43. The third-order valence-electron chi connectivity index (χ3n) is 2.17. The van der Waals surface area contributed by atoms with Crippen LogP contribution >= 0.6 is 0 Å². The summed E-state index contributed by atoms with van der Waals surface area (Å²) in [5, 5.41) is 4.10. The van der Waals surface area contributed by atoms with Crippen molar-refractivity contribution in [2.24, 2.45) is 5.73 Å². The van der Waals surface area contributed by atoms with E-state index >= 15 is 0 Å². The Labute approximate surface area is 92.9 Å². The molecule has 1 radical (unpaired) electrons. The molecule has 0 amide bonds. The van der Waals surface area contributed by atoms with Crippen molar-refractivity contribution >= 4 is 5.78 Å². The number of rotatable bonds is 4. The summed E-state index contributed by atoms with van der Waals surface area (Å²) >= 11 is 0. The van der Waals surface area contributed by atoms with E-state index in [1.807, 2.05) is 0 Å². The van der Waals surface area contributed by atoms with Gasteiger partial charge in [-0.15, -0.1) is 0 Å². The summed E-state index contributed by atoms with van der Waals surface area (Å²) in [4.78, 5) is 11.0. The zero-order chi connectivity index (χ0) is 11.5. The molecule has 0 unspecified atom stereocenters. The van der Waals surface area contributed by atoms with Gasteiger partial charge in [0.25, 0.3) is 0 Å². The maximum atomic E-state index is 11.0. The first kappa shape index (κ1) is 10.6. The van der Waals surface area contributed by atoms with E-state index in [0.717, 1.165) is 5.56 Å². The van der Waals surface area contributed by atoms with Crippen LogP contribution in [0.25, 0.3) is 0 Å². The molecule has 0 spiro atoms. The lowest BCUT2D eigenvalue weighted by molar-refractivity contribution is 0.0985. The smallest absolute Gasteiger partial charge is 0.194 e. The van der Waals surface area contributed by atoms with Gasteiger partial charge in [0.05, 0.1) is 19.3 Å². The normalized spacial score (nSPS) is 10.6. The van der Waals surface area contributed by atoms with E-state index in [1.54, 1.807) is 29.2 Å². The van der Waals surface area contributed by atoms with Gasteiger partial charge in [0.1, 0.15) is 5.76 Å². The molecule has 2 N–H and O–H groups in total. The molecule has 0 bridgehead atoms. The molecule has 5 nitrogen and oxygen atoms in total. The number of aromatic nitrogens is 2. The molecule has 0 aliphatic carbocycles. The standard InChI is InChI=1S/C11H12N3O2/c1-8(15)11-3-2-10(16-11)7-14-6-9(4-12)5-13-14/h2-6H,7,12H2,1H3. The number of nitrogens with zero attached hydrogens (tertiary/aromatic N) is 2. The topological polar surface area (TPSA) is 74.0 Å². The third kappa shape index (κ3) is 2.20. The highest BCUT2D eigenvalue weighted by molar-refractivity contribution is 5.91. The van der Waals surface area contributed by atoms with Crippen molar-refractivity contribution in [2.45, 2.75) is 13.5 Å². The minimum Gasteiger partial charge on any atom is -0.456 e. The second-order valence-electron chi connectivity index (χ2n) is 3.46. The Hall–Kier alpha value is -1.88. The monoisotopic (exact) mass is 218 g/mol. The zero-order valence-electron chi connectivity index (χ0n) is 8.88. The van der Waals surface area contributed by atoms with E-state index in [2.05, 4.69) is 5.10 Å². The molecule has 83 valence electrons. The highest BCUT2D eigenvalue weighted by atomic mass is 16.3. The number of Topliss-reactive ketones (excluding diaryl/α,β-unsaturated/α-hetero) is 1. The molecular weight excluding hydrogens is 206 g/mol. The van der Waals surface area contributed by atoms with E-state index in [4.69, 9.17) is 10.2 Å². The summed E-state index contributed by atoms with van der Waals surface area (Å²) in [7, 11) is 0. The number of furan rings is 1. The molecule has 2 aromatic rings. The van der Waals surface area contributed by atoms with Crippen molar-refractivity contribution in [1.29, 1.82) is 0 Å². The van der Waals surface area contributed by atoms with Crippen LogP contribution in [0.5, 0.6) is 0 Å². The van der Waals surface area contributed by atoms with Gasteiger partial charge in [0.2, 0.25) is 0 Å². The maximum Gasteiger partial charge on any atom is 0.194 e. The molecule has 2 aromatic heterocycles. The second kappa shape index (κ2) is 4.32. The molecule has 0 atom stereocenters. The summed E-state index contributed by atoms with van der Waals surface area (Å²) < 4.78 is 7.04. The number of hydrogen-bond donors (Lipinski definition) is 1. The van der Waals surface area contributed by atoms with Crippen LogP contribution in [0.1, 0.15) is 28.8 Å². The van der Waals surface area contributed by atoms with E-state index in [0.29, 0.717) is 18.1 Å². The number of ketones is 1. The molecule has 0 aliphatic rings. The van der Waals surface area contributed by atoms with E-state index < -0.39 is 0 Å². The van der Waals surface area contributed by atoms with E-state index in [-0.39, 0.29) is 5.78 Å². The quantitative estimate of drug-likeness (QED) is 0.782. The minimum atomic E-state index is -0.0808. The fourth-order valence-corrected chi connectivity index (χ4v) is 1.36. The molecular formula is C11H12N3O2. The Morgan fingerprint density at radius 3 is 3.00 bits per heavy atom. The Kier molecular flexibility index (Phi) is 2.87. The summed E-state index contributed by atoms with van der Waals surface area (Å²) in [6.07, 6.45) is 3.46. The minimum absolute atomic E-state index is 0.0808. The first-order chi connectivity index (χ1) is 7.69. The van der Waals surface area contributed by atoms with Crippen molar-refractivity contribution in [3.63, 3.8) is 0 Å². The Morgan fingerprint density at radius 2 is 2.44 bits per heavy atom. The van der Waals surface area contributed by atoms with Crippen LogP contribution in [0.15, 0.2) is 28.9 Å². The van der Waals surface area contributed by atoms with Crippen LogP contribution in [-0.2, 0) is 6.54 Å². The van der Waals surface area contributed by atoms with Gasteiger partial charge in [0.15, 0.2) is 11.5 Å². The summed E-state index contributed by atoms with van der Waals surface area (Å²) in [6.45, 7) is 3.44. The van der Waals surface area contributed by atoms with Gasteiger partial charge >= 0.3 is 0 Å². The number of carbonyl (C=O) groups excluding carboxylic acids is 1. The van der Waals surface area contributed by atoms with Gasteiger partial charge in [-0.25, -0.2) is 0 Å². The zero-order valence-corrected chi connectivity index (χ0v) is 8.88. The Balaban J connectivity index is 2.11. The average molecular weight is 218 g/mol. The number of nitrogens with two attached hydrogens (primary N) is 1. The van der Waals surface area contributed by atoms with E-state index in [9.17, 15) is 4.79 Å². The Morgan fingerprint density at radius 1 is 1.62 bits per heavy atom. The lowest BCUT2D eigenvalue weighted by Crippen LogP contribution is -1.99. The van der Waals surface area contributed by atoms with Crippen molar-refractivity contribution in [3.05, 3.63) is 48.2 Å². The maximum absolute atomic E-state index is 11.0. The van der Waals surface area contributed by atoms with Gasteiger partial charge in [-0.2, -0.15) is 5.10 Å². The SMILES string of the molecule is CC(=O)c1ccc(Cn2cc([CH]N)cn2)o1. The fraction of sp³-hybridized carbons (Fsp3) is 0.182. The lowest BCUT2D eigenvalue weighted by Gasteiger charge is -1.96. The van der Waals surface area contributed by atoms with Gasteiger partial charge in [0, 0.05) is 18.7 Å². The van der Waals surface area contributed by atoms with Crippen LogP contribution < -0.4 is 5.73 Å². The predicted octanol–water partition coefficient (Wildman–Crippen LogP) is 1.20. The van der Waals surface area contributed by atoms with Crippen molar-refractivity contribution in [1.82, 2.24) is 9.78 Å². The molecule has 16 heavy (non-hydrogen) atoms. The van der Waals surface area contributed by atoms with Gasteiger partial charge in [-0.3, -0.25) is 9.48 Å². The molecule has 0 saturated carbocycles. The van der Waals surface area contributed by atoms with E-state index in [1.165, 1.54) is 13.5 Å². The lowest BCUT2D eigenvalue weighted by atomic mass is 10.3. The number of carbonyl (C=O) groups is 1. The largest absolute Gasteiger partial charge is 0.456 e. The Bertz CT molecular complexity index is 499. The highest BCUT2D eigenvalue weighted by Crippen LogP contribution is 2.10. The molecule has 2 rings (SSSR count). The second-order valence-corrected chi connectivity index (χ2v) is 3.46. The van der Waals surface area contributed by atoms with Gasteiger partial charge in [-0.05, 0) is 12.1 Å². The molecule has 2 heterocycles. The summed E-state index contributed by atoms with van der Waals surface area (Å²) in [5.74, 6) is 0.979. The van der Waals surface area contributed by atoms with Gasteiger partial charge in [-0.1, -0.05) is 0 Å². The third-order valence-corrected chi connectivity index (χ3v) is 2.17. The van der Waals surface area contributed by atoms with Crippen LogP contribution in [0.3, 0.4) is 0 Å². The van der Waals surface area contributed by atoms with Crippen LogP contribution in [0.4, 0.5) is 0 Å². The highest BCUT2D eigenvalue weighted by Gasteiger charge is 2.07. The number of hydrogen-bond acceptors (Lipinski definition) is 4. The van der Waals surface area contributed by atoms with Crippen molar-refractivity contribution in [2.75, 3.05) is 0 Å². The predicted molar refractivity (Wildman–Crippen MR) is 57.6 cm³/mol. The van der Waals surface area contributed by atoms with Gasteiger partial charge < -0.3 is 10.2 Å². The molecule has 0 aromatic carbocycles. The molecule has 5 heteroatoms. The molecule has 0 fully saturated rings.